The third-order valence-corrected chi connectivity index (χ3v) is 4.41. The van der Waals surface area contributed by atoms with E-state index < -0.39 is 0 Å². The summed E-state index contributed by atoms with van der Waals surface area (Å²) >= 11 is 3.54. The molecule has 0 spiro atoms. The Labute approximate surface area is 119 Å². The standard InChI is InChI=1S/C15H23BrN2/c1-3-17-10-13-7-8-15(13)18(2)11-12-5-4-6-14(16)9-12/h4-6,9,13,15,17H,3,7-8,10-11H2,1-2H3. The van der Waals surface area contributed by atoms with Crippen molar-refractivity contribution >= 4 is 15.9 Å². The predicted octanol–water partition coefficient (Wildman–Crippen LogP) is 3.27. The van der Waals surface area contributed by atoms with Gasteiger partial charge >= 0.3 is 0 Å². The van der Waals surface area contributed by atoms with Gasteiger partial charge in [-0.05, 0) is 56.6 Å². The summed E-state index contributed by atoms with van der Waals surface area (Å²) in [6.45, 7) is 5.48. The molecule has 2 atom stereocenters. The Bertz CT molecular complexity index is 381. The van der Waals surface area contributed by atoms with E-state index in [4.69, 9.17) is 0 Å². The van der Waals surface area contributed by atoms with Gasteiger partial charge in [-0.25, -0.2) is 0 Å². The van der Waals surface area contributed by atoms with Gasteiger partial charge in [-0.15, -0.1) is 0 Å². The van der Waals surface area contributed by atoms with Crippen molar-refractivity contribution in [3.8, 4) is 0 Å². The van der Waals surface area contributed by atoms with E-state index in [9.17, 15) is 0 Å². The van der Waals surface area contributed by atoms with Gasteiger partial charge in [0.05, 0.1) is 0 Å². The topological polar surface area (TPSA) is 15.3 Å². The van der Waals surface area contributed by atoms with E-state index in [0.29, 0.717) is 0 Å². The van der Waals surface area contributed by atoms with Crippen LogP contribution in [-0.4, -0.2) is 31.1 Å². The summed E-state index contributed by atoms with van der Waals surface area (Å²) < 4.78 is 1.17. The van der Waals surface area contributed by atoms with Crippen LogP contribution in [0.15, 0.2) is 28.7 Å². The highest BCUT2D eigenvalue weighted by molar-refractivity contribution is 9.10. The summed E-state index contributed by atoms with van der Waals surface area (Å²) in [5, 5.41) is 3.47. The average molecular weight is 311 g/mol. The zero-order chi connectivity index (χ0) is 13.0. The van der Waals surface area contributed by atoms with Crippen LogP contribution in [0.3, 0.4) is 0 Å². The van der Waals surface area contributed by atoms with Crippen LogP contribution in [0.5, 0.6) is 0 Å². The van der Waals surface area contributed by atoms with Crippen LogP contribution in [0.1, 0.15) is 25.3 Å². The second-order valence-corrected chi connectivity index (χ2v) is 6.17. The minimum atomic E-state index is 0.753. The highest BCUT2D eigenvalue weighted by atomic mass is 79.9. The summed E-state index contributed by atoms with van der Waals surface area (Å²) in [7, 11) is 2.25. The van der Waals surface area contributed by atoms with Gasteiger partial charge in [0.1, 0.15) is 0 Å². The van der Waals surface area contributed by atoms with E-state index in [-0.39, 0.29) is 0 Å². The third kappa shape index (κ3) is 3.56. The Hall–Kier alpha value is -0.380. The molecule has 1 saturated carbocycles. The SMILES string of the molecule is CCNCC1CCC1N(C)Cc1cccc(Br)c1. The Morgan fingerprint density at radius 2 is 2.22 bits per heavy atom. The second-order valence-electron chi connectivity index (χ2n) is 5.26. The summed E-state index contributed by atoms with van der Waals surface area (Å²) in [5.74, 6) is 0.835. The molecule has 1 aromatic rings. The van der Waals surface area contributed by atoms with Crippen LogP contribution >= 0.6 is 15.9 Å². The van der Waals surface area contributed by atoms with Crippen molar-refractivity contribution < 1.29 is 0 Å². The van der Waals surface area contributed by atoms with E-state index in [2.05, 4.69) is 64.4 Å². The maximum atomic E-state index is 3.54. The third-order valence-electron chi connectivity index (χ3n) is 3.92. The number of hydrogen-bond acceptors (Lipinski definition) is 2. The molecule has 1 N–H and O–H groups in total. The number of benzene rings is 1. The van der Waals surface area contributed by atoms with Crippen molar-refractivity contribution in [2.24, 2.45) is 5.92 Å². The van der Waals surface area contributed by atoms with Crippen LogP contribution < -0.4 is 5.32 Å². The average Bonchev–Trinajstić information content (AvgIpc) is 2.27. The van der Waals surface area contributed by atoms with Crippen molar-refractivity contribution in [3.63, 3.8) is 0 Å². The molecule has 2 nitrogen and oxygen atoms in total. The van der Waals surface area contributed by atoms with Crippen molar-refractivity contribution in [2.75, 3.05) is 20.1 Å². The molecule has 100 valence electrons. The van der Waals surface area contributed by atoms with Crippen LogP contribution in [-0.2, 0) is 6.54 Å². The van der Waals surface area contributed by atoms with Crippen LogP contribution in [0.4, 0.5) is 0 Å². The molecular formula is C15H23BrN2. The number of hydrogen-bond donors (Lipinski definition) is 1. The van der Waals surface area contributed by atoms with Crippen molar-refractivity contribution in [3.05, 3.63) is 34.3 Å². The molecule has 0 aliphatic heterocycles. The van der Waals surface area contributed by atoms with Gasteiger partial charge < -0.3 is 5.32 Å². The number of nitrogens with zero attached hydrogens (tertiary/aromatic N) is 1. The molecule has 1 aliphatic rings. The van der Waals surface area contributed by atoms with Gasteiger partial charge in [0.15, 0.2) is 0 Å². The van der Waals surface area contributed by atoms with Gasteiger partial charge in [-0.3, -0.25) is 4.90 Å². The molecule has 0 radical (unpaired) electrons. The molecule has 2 rings (SSSR count). The summed E-state index contributed by atoms with van der Waals surface area (Å²) in [4.78, 5) is 2.51. The molecular weight excluding hydrogens is 288 g/mol. The van der Waals surface area contributed by atoms with E-state index in [1.807, 2.05) is 0 Å². The lowest BCUT2D eigenvalue weighted by molar-refractivity contribution is 0.0784. The van der Waals surface area contributed by atoms with Gasteiger partial charge in [-0.1, -0.05) is 35.0 Å². The monoisotopic (exact) mass is 310 g/mol. The maximum absolute atomic E-state index is 3.54. The smallest absolute Gasteiger partial charge is 0.0234 e. The fraction of sp³-hybridized carbons (Fsp3) is 0.600. The first-order valence-corrected chi connectivity index (χ1v) is 7.65. The van der Waals surface area contributed by atoms with Gasteiger partial charge in [0, 0.05) is 17.1 Å². The maximum Gasteiger partial charge on any atom is 0.0234 e. The Balaban J connectivity index is 1.86. The van der Waals surface area contributed by atoms with Crippen LogP contribution in [0.2, 0.25) is 0 Å². The fourth-order valence-corrected chi connectivity index (χ4v) is 3.19. The molecule has 2 unspecified atom stereocenters. The highest BCUT2D eigenvalue weighted by Gasteiger charge is 2.33. The molecule has 1 aromatic carbocycles. The molecule has 18 heavy (non-hydrogen) atoms. The van der Waals surface area contributed by atoms with Gasteiger partial charge in [0.25, 0.3) is 0 Å². The molecule has 0 heterocycles. The van der Waals surface area contributed by atoms with Crippen molar-refractivity contribution in [2.45, 2.75) is 32.4 Å². The molecule has 0 bridgehead atoms. The van der Waals surface area contributed by atoms with Crippen LogP contribution in [0.25, 0.3) is 0 Å². The molecule has 0 amide bonds. The lowest BCUT2D eigenvalue weighted by atomic mass is 9.78. The van der Waals surface area contributed by atoms with Crippen molar-refractivity contribution in [1.82, 2.24) is 10.2 Å². The minimum Gasteiger partial charge on any atom is -0.317 e. The minimum absolute atomic E-state index is 0.753. The number of halogens is 1. The normalized spacial score (nSPS) is 23.1. The molecule has 0 saturated heterocycles. The lowest BCUT2D eigenvalue weighted by Crippen LogP contribution is -2.48. The van der Waals surface area contributed by atoms with Crippen molar-refractivity contribution in [1.29, 1.82) is 0 Å². The quantitative estimate of drug-likeness (QED) is 0.867. The first-order valence-electron chi connectivity index (χ1n) is 6.86. The first-order chi connectivity index (χ1) is 8.70. The fourth-order valence-electron chi connectivity index (χ4n) is 2.74. The van der Waals surface area contributed by atoms with Gasteiger partial charge in [0.2, 0.25) is 0 Å². The summed E-state index contributed by atoms with van der Waals surface area (Å²) in [5.41, 5.74) is 1.39. The predicted molar refractivity (Wildman–Crippen MR) is 80.7 cm³/mol. The number of rotatable bonds is 6. The zero-order valence-corrected chi connectivity index (χ0v) is 12.9. The van der Waals surface area contributed by atoms with E-state index in [0.717, 1.165) is 25.0 Å². The van der Waals surface area contributed by atoms with E-state index in [1.165, 1.54) is 29.4 Å². The summed E-state index contributed by atoms with van der Waals surface area (Å²) in [6.07, 6.45) is 2.72. The molecule has 3 heteroatoms. The van der Waals surface area contributed by atoms with Crippen LogP contribution in [0, 0.1) is 5.92 Å². The van der Waals surface area contributed by atoms with Gasteiger partial charge in [-0.2, -0.15) is 0 Å². The Kier molecular flexibility index (Phi) is 5.22. The molecule has 1 fully saturated rings. The second kappa shape index (κ2) is 6.69. The van der Waals surface area contributed by atoms with E-state index >= 15 is 0 Å². The zero-order valence-electron chi connectivity index (χ0n) is 11.3. The Morgan fingerprint density at radius 3 is 2.83 bits per heavy atom. The highest BCUT2D eigenvalue weighted by Crippen LogP contribution is 2.31. The first kappa shape index (κ1) is 14.0. The number of nitrogens with one attached hydrogen (secondary N) is 1. The lowest BCUT2D eigenvalue weighted by Gasteiger charge is -2.43. The Morgan fingerprint density at radius 1 is 1.39 bits per heavy atom. The summed E-state index contributed by atoms with van der Waals surface area (Å²) in [6, 6.07) is 9.38. The van der Waals surface area contributed by atoms with E-state index in [1.54, 1.807) is 0 Å². The molecule has 0 aromatic heterocycles. The largest absolute Gasteiger partial charge is 0.317 e. The molecule has 1 aliphatic carbocycles.